The van der Waals surface area contributed by atoms with Gasteiger partial charge in [0, 0.05) is 23.7 Å². The molecule has 0 radical (unpaired) electrons. The molecule has 0 fully saturated rings. The monoisotopic (exact) mass is 384 g/mol. The number of rotatable bonds is 3. The molecule has 3 aromatic rings. The Morgan fingerprint density at radius 2 is 1.45 bits per heavy atom. The molecule has 0 aliphatic heterocycles. The van der Waals surface area contributed by atoms with Gasteiger partial charge >= 0.3 is 0 Å². The van der Waals surface area contributed by atoms with Gasteiger partial charge in [0.1, 0.15) is 0 Å². The highest BCUT2D eigenvalue weighted by Crippen LogP contribution is 2.54. The lowest BCUT2D eigenvalue weighted by Gasteiger charge is -2.41. The van der Waals surface area contributed by atoms with Crippen molar-refractivity contribution in [3.05, 3.63) is 83.4 Å². The molecular formula is C28H33N. The molecule has 0 atom stereocenters. The SMILES string of the molecule is [2H]C(C)(C)c1c(N(c2ccccc2)C(C)(C)C)ccc2c1C(C)(C)c1ccccc1-2. The third kappa shape index (κ3) is 3.08. The Morgan fingerprint density at radius 3 is 2.07 bits per heavy atom. The van der Waals surface area contributed by atoms with Gasteiger partial charge in [0.15, 0.2) is 0 Å². The molecule has 1 nitrogen and oxygen atoms in total. The Balaban J connectivity index is 2.08. The van der Waals surface area contributed by atoms with Crippen molar-refractivity contribution < 1.29 is 1.37 Å². The zero-order valence-electron chi connectivity index (χ0n) is 19.8. The average Bonchev–Trinajstić information content (AvgIpc) is 2.89. The number of fused-ring (bicyclic) bond motifs is 3. The fourth-order valence-corrected chi connectivity index (χ4v) is 5.02. The van der Waals surface area contributed by atoms with Crippen molar-refractivity contribution in [3.8, 4) is 11.1 Å². The average molecular weight is 385 g/mol. The molecular weight excluding hydrogens is 350 g/mol. The van der Waals surface area contributed by atoms with Gasteiger partial charge in [0.2, 0.25) is 0 Å². The molecule has 1 heteroatoms. The second kappa shape index (κ2) is 6.76. The summed E-state index contributed by atoms with van der Waals surface area (Å²) in [6.07, 6.45) is 0. The number of nitrogens with zero attached hydrogens (tertiary/aromatic N) is 1. The number of hydrogen-bond acceptors (Lipinski definition) is 1. The molecule has 29 heavy (non-hydrogen) atoms. The molecule has 0 saturated carbocycles. The van der Waals surface area contributed by atoms with E-state index in [1.54, 1.807) is 0 Å². The van der Waals surface area contributed by atoms with Crippen LogP contribution in [-0.2, 0) is 5.41 Å². The van der Waals surface area contributed by atoms with Crippen molar-refractivity contribution in [3.63, 3.8) is 0 Å². The normalized spacial score (nSPS) is 15.5. The topological polar surface area (TPSA) is 3.24 Å². The number of anilines is 2. The Kier molecular flexibility index (Phi) is 4.31. The molecule has 0 heterocycles. The molecule has 150 valence electrons. The van der Waals surface area contributed by atoms with Crippen LogP contribution in [0.1, 0.15) is 72.4 Å². The quantitative estimate of drug-likeness (QED) is 0.441. The van der Waals surface area contributed by atoms with E-state index >= 15 is 0 Å². The minimum Gasteiger partial charge on any atom is -0.336 e. The van der Waals surface area contributed by atoms with E-state index in [0.29, 0.717) is 0 Å². The molecule has 3 aromatic carbocycles. The van der Waals surface area contributed by atoms with E-state index in [9.17, 15) is 1.37 Å². The molecule has 0 unspecified atom stereocenters. The third-order valence-electron chi connectivity index (χ3n) is 6.13. The fraction of sp³-hybridized carbons (Fsp3) is 0.357. The smallest absolute Gasteiger partial charge is 0.0454 e. The standard InChI is InChI=1S/C28H33N/c1-19(2)25-24(29(27(3,4)5)20-13-9-8-10-14-20)18-17-22-21-15-11-12-16-23(21)28(6,7)26(22)25/h8-19H,1-7H3/i19D. The Hall–Kier alpha value is -2.54. The summed E-state index contributed by atoms with van der Waals surface area (Å²) in [4.78, 5) is 2.40. The maximum atomic E-state index is 9.20. The van der Waals surface area contributed by atoms with Crippen molar-refractivity contribution in [2.45, 2.75) is 65.3 Å². The summed E-state index contributed by atoms with van der Waals surface area (Å²) >= 11 is 0. The predicted molar refractivity (Wildman–Crippen MR) is 126 cm³/mol. The van der Waals surface area contributed by atoms with Crippen LogP contribution in [0.25, 0.3) is 11.1 Å². The number of para-hydroxylation sites is 1. The molecule has 0 amide bonds. The fourth-order valence-electron chi connectivity index (χ4n) is 5.02. The second-order valence-corrected chi connectivity index (χ2v) is 9.89. The van der Waals surface area contributed by atoms with Crippen molar-refractivity contribution in [1.29, 1.82) is 0 Å². The second-order valence-electron chi connectivity index (χ2n) is 9.89. The lowest BCUT2D eigenvalue weighted by molar-refractivity contribution is 0.555. The van der Waals surface area contributed by atoms with Crippen LogP contribution in [0.3, 0.4) is 0 Å². The Morgan fingerprint density at radius 1 is 0.828 bits per heavy atom. The summed E-state index contributed by atoms with van der Waals surface area (Å²) in [5.41, 5.74) is 8.36. The van der Waals surface area contributed by atoms with E-state index in [0.717, 1.165) is 16.9 Å². The Labute approximate surface area is 177 Å². The molecule has 1 aliphatic carbocycles. The van der Waals surface area contributed by atoms with Crippen molar-refractivity contribution in [2.75, 3.05) is 4.90 Å². The Bertz CT molecular complexity index is 1080. The third-order valence-corrected chi connectivity index (χ3v) is 6.13. The maximum absolute atomic E-state index is 9.20. The van der Waals surface area contributed by atoms with E-state index in [1.807, 2.05) is 13.8 Å². The lowest BCUT2D eigenvalue weighted by Crippen LogP contribution is -2.38. The van der Waals surface area contributed by atoms with Crippen LogP contribution in [0, 0.1) is 0 Å². The molecule has 4 rings (SSSR count). The van der Waals surface area contributed by atoms with Crippen LogP contribution < -0.4 is 4.90 Å². The largest absolute Gasteiger partial charge is 0.336 e. The van der Waals surface area contributed by atoms with E-state index in [4.69, 9.17) is 0 Å². The highest BCUT2D eigenvalue weighted by atomic mass is 15.2. The van der Waals surface area contributed by atoms with Crippen molar-refractivity contribution in [1.82, 2.24) is 0 Å². The van der Waals surface area contributed by atoms with Crippen LogP contribution in [0.5, 0.6) is 0 Å². The van der Waals surface area contributed by atoms with E-state index in [-0.39, 0.29) is 11.0 Å². The first-order valence-corrected chi connectivity index (χ1v) is 10.6. The van der Waals surface area contributed by atoms with Gasteiger partial charge < -0.3 is 4.90 Å². The maximum Gasteiger partial charge on any atom is 0.0454 e. The minimum absolute atomic E-state index is 0.134. The van der Waals surface area contributed by atoms with Gasteiger partial charge in [-0.2, -0.15) is 0 Å². The van der Waals surface area contributed by atoms with Crippen LogP contribution >= 0.6 is 0 Å². The van der Waals surface area contributed by atoms with Crippen LogP contribution in [0.15, 0.2) is 66.7 Å². The van der Waals surface area contributed by atoms with Crippen molar-refractivity contribution in [2.24, 2.45) is 0 Å². The molecule has 0 saturated heterocycles. The molecule has 0 N–H and O–H groups in total. The zero-order valence-corrected chi connectivity index (χ0v) is 18.8. The molecule has 0 bridgehead atoms. The van der Waals surface area contributed by atoms with E-state index in [1.165, 1.54) is 22.3 Å². The summed E-state index contributed by atoms with van der Waals surface area (Å²) in [6, 6.07) is 23.8. The van der Waals surface area contributed by atoms with Gasteiger partial charge in [0.05, 0.1) is 0 Å². The summed E-state index contributed by atoms with van der Waals surface area (Å²) in [5.74, 6) is -0.738. The minimum atomic E-state index is -0.738. The van der Waals surface area contributed by atoms with Crippen LogP contribution in [0.2, 0.25) is 0 Å². The highest BCUT2D eigenvalue weighted by molar-refractivity contribution is 5.86. The zero-order chi connectivity index (χ0) is 21.9. The summed E-state index contributed by atoms with van der Waals surface area (Å²) in [6.45, 7) is 15.4. The van der Waals surface area contributed by atoms with Crippen LogP contribution in [-0.4, -0.2) is 5.54 Å². The van der Waals surface area contributed by atoms with Gasteiger partial charge in [-0.15, -0.1) is 0 Å². The molecule has 0 aromatic heterocycles. The summed E-state index contributed by atoms with van der Waals surface area (Å²) < 4.78 is 9.20. The van der Waals surface area contributed by atoms with Gasteiger partial charge in [0.25, 0.3) is 0 Å². The van der Waals surface area contributed by atoms with Crippen molar-refractivity contribution >= 4 is 11.4 Å². The van der Waals surface area contributed by atoms with E-state index < -0.39 is 5.89 Å². The molecule has 1 aliphatic rings. The first kappa shape index (κ1) is 18.5. The van der Waals surface area contributed by atoms with Gasteiger partial charge in [-0.25, -0.2) is 0 Å². The number of hydrogen-bond donors (Lipinski definition) is 0. The van der Waals surface area contributed by atoms with Crippen LogP contribution in [0.4, 0.5) is 11.4 Å². The summed E-state index contributed by atoms with van der Waals surface area (Å²) in [5, 5.41) is 0. The first-order valence-electron chi connectivity index (χ1n) is 11.1. The number of benzene rings is 3. The predicted octanol–water partition coefficient (Wildman–Crippen LogP) is 8.05. The highest BCUT2D eigenvalue weighted by Gasteiger charge is 2.40. The van der Waals surface area contributed by atoms with Gasteiger partial charge in [-0.05, 0) is 72.7 Å². The van der Waals surface area contributed by atoms with Gasteiger partial charge in [-0.3, -0.25) is 0 Å². The lowest BCUT2D eigenvalue weighted by atomic mass is 9.77. The van der Waals surface area contributed by atoms with E-state index in [2.05, 4.69) is 106 Å². The molecule has 0 spiro atoms. The first-order chi connectivity index (χ1) is 13.9. The van der Waals surface area contributed by atoms with Gasteiger partial charge in [-0.1, -0.05) is 76.2 Å². The summed E-state index contributed by atoms with van der Waals surface area (Å²) in [7, 11) is 0.